The molecule has 0 bridgehead atoms. The Balaban J connectivity index is 2.14. The normalized spacial score (nSPS) is 31.6. The van der Waals surface area contributed by atoms with Gasteiger partial charge in [-0.25, -0.2) is 0 Å². The van der Waals surface area contributed by atoms with Crippen molar-refractivity contribution < 1.29 is 4.74 Å². The molecule has 0 aromatic heterocycles. The SMILES string of the molecule is COC[C@@H](C)NC1CCC(C)CC1. The van der Waals surface area contributed by atoms with Crippen LogP contribution in [0.25, 0.3) is 0 Å². The lowest BCUT2D eigenvalue weighted by Gasteiger charge is -2.29. The highest BCUT2D eigenvalue weighted by molar-refractivity contribution is 4.77. The highest BCUT2D eigenvalue weighted by Crippen LogP contribution is 2.23. The molecule has 0 unspecified atom stereocenters. The summed E-state index contributed by atoms with van der Waals surface area (Å²) >= 11 is 0. The smallest absolute Gasteiger partial charge is 0.0613 e. The molecule has 0 aliphatic heterocycles. The van der Waals surface area contributed by atoms with Crippen LogP contribution in [0.2, 0.25) is 0 Å². The van der Waals surface area contributed by atoms with Crippen LogP contribution in [-0.4, -0.2) is 25.8 Å². The van der Waals surface area contributed by atoms with Crippen molar-refractivity contribution >= 4 is 0 Å². The number of rotatable bonds is 4. The Morgan fingerprint density at radius 1 is 1.31 bits per heavy atom. The third kappa shape index (κ3) is 4.10. The Labute approximate surface area is 82.0 Å². The molecule has 0 aromatic rings. The molecule has 0 radical (unpaired) electrons. The van der Waals surface area contributed by atoms with E-state index in [1.807, 2.05) is 0 Å². The summed E-state index contributed by atoms with van der Waals surface area (Å²) in [6.07, 6.45) is 5.46. The van der Waals surface area contributed by atoms with E-state index in [0.717, 1.165) is 18.6 Å². The van der Waals surface area contributed by atoms with Gasteiger partial charge in [0.2, 0.25) is 0 Å². The molecule has 1 aliphatic rings. The zero-order valence-electron chi connectivity index (χ0n) is 9.18. The van der Waals surface area contributed by atoms with Crippen molar-refractivity contribution in [1.82, 2.24) is 5.32 Å². The zero-order chi connectivity index (χ0) is 9.68. The van der Waals surface area contributed by atoms with Crippen molar-refractivity contribution in [2.24, 2.45) is 5.92 Å². The molecule has 78 valence electrons. The lowest BCUT2D eigenvalue weighted by molar-refractivity contribution is 0.159. The van der Waals surface area contributed by atoms with E-state index in [9.17, 15) is 0 Å². The maximum absolute atomic E-state index is 5.10. The summed E-state index contributed by atoms with van der Waals surface area (Å²) in [5, 5.41) is 3.62. The summed E-state index contributed by atoms with van der Waals surface area (Å²) in [6, 6.07) is 1.24. The van der Waals surface area contributed by atoms with Crippen molar-refractivity contribution in [3.05, 3.63) is 0 Å². The van der Waals surface area contributed by atoms with Gasteiger partial charge in [0.1, 0.15) is 0 Å². The lowest BCUT2D eigenvalue weighted by Crippen LogP contribution is -2.40. The topological polar surface area (TPSA) is 21.3 Å². The maximum atomic E-state index is 5.10. The van der Waals surface area contributed by atoms with Gasteiger partial charge in [-0.3, -0.25) is 0 Å². The molecule has 0 spiro atoms. The summed E-state index contributed by atoms with van der Waals surface area (Å²) in [5.74, 6) is 0.941. The van der Waals surface area contributed by atoms with Crippen LogP contribution >= 0.6 is 0 Å². The fourth-order valence-corrected chi connectivity index (χ4v) is 2.13. The van der Waals surface area contributed by atoms with Crippen LogP contribution in [0.4, 0.5) is 0 Å². The number of methoxy groups -OCH3 is 1. The molecular formula is C11H23NO. The summed E-state index contributed by atoms with van der Waals surface area (Å²) in [7, 11) is 1.77. The van der Waals surface area contributed by atoms with Gasteiger partial charge in [0, 0.05) is 19.2 Å². The van der Waals surface area contributed by atoms with Crippen LogP contribution in [0.5, 0.6) is 0 Å². The van der Waals surface area contributed by atoms with E-state index in [0.29, 0.717) is 6.04 Å². The molecular weight excluding hydrogens is 162 g/mol. The summed E-state index contributed by atoms with van der Waals surface area (Å²) in [5.41, 5.74) is 0. The van der Waals surface area contributed by atoms with Gasteiger partial charge >= 0.3 is 0 Å². The Morgan fingerprint density at radius 2 is 1.92 bits per heavy atom. The monoisotopic (exact) mass is 185 g/mol. The van der Waals surface area contributed by atoms with Crippen molar-refractivity contribution in [2.45, 2.75) is 51.6 Å². The van der Waals surface area contributed by atoms with Gasteiger partial charge in [0.25, 0.3) is 0 Å². The third-order valence-electron chi connectivity index (χ3n) is 2.95. The second kappa shape index (κ2) is 5.61. The Morgan fingerprint density at radius 3 is 2.46 bits per heavy atom. The van der Waals surface area contributed by atoms with E-state index in [4.69, 9.17) is 4.74 Å². The second-order valence-corrected chi connectivity index (χ2v) is 4.48. The van der Waals surface area contributed by atoms with Gasteiger partial charge in [-0.05, 0) is 38.5 Å². The van der Waals surface area contributed by atoms with Crippen LogP contribution in [0.15, 0.2) is 0 Å². The third-order valence-corrected chi connectivity index (χ3v) is 2.95. The van der Waals surface area contributed by atoms with Gasteiger partial charge in [-0.2, -0.15) is 0 Å². The molecule has 0 heterocycles. The molecule has 1 N–H and O–H groups in total. The highest BCUT2D eigenvalue weighted by Gasteiger charge is 2.18. The first-order valence-electron chi connectivity index (χ1n) is 5.47. The summed E-state index contributed by atoms with van der Waals surface area (Å²) < 4.78 is 5.10. The fraction of sp³-hybridized carbons (Fsp3) is 1.00. The Kier molecular flexibility index (Phi) is 4.74. The quantitative estimate of drug-likeness (QED) is 0.725. The van der Waals surface area contributed by atoms with E-state index in [2.05, 4.69) is 19.2 Å². The van der Waals surface area contributed by atoms with E-state index >= 15 is 0 Å². The van der Waals surface area contributed by atoms with Crippen LogP contribution < -0.4 is 5.32 Å². The second-order valence-electron chi connectivity index (χ2n) is 4.48. The minimum atomic E-state index is 0.503. The Hall–Kier alpha value is -0.0800. The molecule has 0 saturated heterocycles. The number of nitrogens with one attached hydrogen (secondary N) is 1. The van der Waals surface area contributed by atoms with Crippen LogP contribution in [-0.2, 0) is 4.74 Å². The first-order valence-corrected chi connectivity index (χ1v) is 5.47. The van der Waals surface area contributed by atoms with Crippen LogP contribution in [0.3, 0.4) is 0 Å². The van der Waals surface area contributed by atoms with Gasteiger partial charge in [-0.15, -0.1) is 0 Å². The largest absolute Gasteiger partial charge is 0.383 e. The first kappa shape index (κ1) is 11.0. The molecule has 1 saturated carbocycles. The van der Waals surface area contributed by atoms with Crippen LogP contribution in [0.1, 0.15) is 39.5 Å². The van der Waals surface area contributed by atoms with Gasteiger partial charge < -0.3 is 10.1 Å². The standard InChI is InChI=1S/C11H23NO/c1-9-4-6-11(7-5-9)12-10(2)8-13-3/h9-12H,4-8H2,1-3H3/t9?,10-,11?/m1/s1. The summed E-state index contributed by atoms with van der Waals surface area (Å²) in [6.45, 7) is 5.38. The minimum Gasteiger partial charge on any atom is -0.383 e. The number of hydrogen-bond acceptors (Lipinski definition) is 2. The summed E-state index contributed by atoms with van der Waals surface area (Å²) in [4.78, 5) is 0. The van der Waals surface area contributed by atoms with Crippen molar-refractivity contribution in [2.75, 3.05) is 13.7 Å². The molecule has 1 fully saturated rings. The van der Waals surface area contributed by atoms with Crippen molar-refractivity contribution in [1.29, 1.82) is 0 Å². The van der Waals surface area contributed by atoms with Crippen molar-refractivity contribution in [3.63, 3.8) is 0 Å². The zero-order valence-corrected chi connectivity index (χ0v) is 9.18. The molecule has 0 aromatic carbocycles. The van der Waals surface area contributed by atoms with Crippen molar-refractivity contribution in [3.8, 4) is 0 Å². The molecule has 2 heteroatoms. The molecule has 1 aliphatic carbocycles. The highest BCUT2D eigenvalue weighted by atomic mass is 16.5. The van der Waals surface area contributed by atoms with E-state index < -0.39 is 0 Å². The predicted molar refractivity (Wildman–Crippen MR) is 55.9 cm³/mol. The van der Waals surface area contributed by atoms with Gasteiger partial charge in [0.15, 0.2) is 0 Å². The number of ether oxygens (including phenoxy) is 1. The lowest BCUT2D eigenvalue weighted by atomic mass is 9.87. The van der Waals surface area contributed by atoms with E-state index in [1.165, 1.54) is 25.7 Å². The molecule has 13 heavy (non-hydrogen) atoms. The average molecular weight is 185 g/mol. The van der Waals surface area contributed by atoms with Gasteiger partial charge in [-0.1, -0.05) is 6.92 Å². The molecule has 0 amide bonds. The predicted octanol–water partition coefficient (Wildman–Crippen LogP) is 2.19. The molecule has 1 atom stereocenters. The van der Waals surface area contributed by atoms with E-state index in [-0.39, 0.29) is 0 Å². The number of hydrogen-bond donors (Lipinski definition) is 1. The fourth-order valence-electron chi connectivity index (χ4n) is 2.13. The molecule has 2 nitrogen and oxygen atoms in total. The average Bonchev–Trinajstić information content (AvgIpc) is 2.09. The first-order chi connectivity index (χ1) is 6.22. The van der Waals surface area contributed by atoms with Crippen LogP contribution in [0, 0.1) is 5.92 Å². The van der Waals surface area contributed by atoms with E-state index in [1.54, 1.807) is 7.11 Å². The maximum Gasteiger partial charge on any atom is 0.0613 e. The Bertz CT molecular complexity index is 130. The van der Waals surface area contributed by atoms with Gasteiger partial charge in [0.05, 0.1) is 6.61 Å². The molecule has 1 rings (SSSR count). The minimum absolute atomic E-state index is 0.503.